The normalized spacial score (nSPS) is 18.2. The van der Waals surface area contributed by atoms with E-state index in [2.05, 4.69) is 4.99 Å². The summed E-state index contributed by atoms with van der Waals surface area (Å²) in [5, 5.41) is 9.78. The number of aromatic hydroxyl groups is 1. The Bertz CT molecular complexity index is 816. The highest BCUT2D eigenvalue weighted by molar-refractivity contribution is 8.18. The molecule has 0 unspecified atom stereocenters. The van der Waals surface area contributed by atoms with Gasteiger partial charge in [0.1, 0.15) is 11.6 Å². The zero-order valence-corrected chi connectivity index (χ0v) is 13.0. The van der Waals surface area contributed by atoms with E-state index in [4.69, 9.17) is 0 Å². The van der Waals surface area contributed by atoms with Gasteiger partial charge in [-0.3, -0.25) is 9.69 Å². The monoisotopic (exact) mass is 328 g/mol. The van der Waals surface area contributed by atoms with Crippen molar-refractivity contribution in [1.82, 2.24) is 4.90 Å². The predicted molar refractivity (Wildman–Crippen MR) is 89.9 cm³/mol. The van der Waals surface area contributed by atoms with Crippen molar-refractivity contribution in [2.75, 3.05) is 7.05 Å². The third kappa shape index (κ3) is 3.27. The molecule has 116 valence electrons. The Morgan fingerprint density at radius 3 is 2.57 bits per heavy atom. The molecule has 1 heterocycles. The minimum absolute atomic E-state index is 0.151. The van der Waals surface area contributed by atoms with Crippen LogP contribution in [0.5, 0.6) is 5.75 Å². The Morgan fingerprint density at radius 2 is 1.87 bits per heavy atom. The molecule has 0 bridgehead atoms. The predicted octanol–water partition coefficient (Wildman–Crippen LogP) is 3.77. The Kier molecular flexibility index (Phi) is 4.16. The quantitative estimate of drug-likeness (QED) is 0.854. The Hall–Kier alpha value is -2.60. The molecule has 0 aromatic heterocycles. The lowest BCUT2D eigenvalue weighted by Gasteiger charge is -2.07. The van der Waals surface area contributed by atoms with Gasteiger partial charge in [-0.25, -0.2) is 9.38 Å². The first-order chi connectivity index (χ1) is 11.0. The molecule has 0 saturated carbocycles. The maximum absolute atomic E-state index is 13.7. The largest absolute Gasteiger partial charge is 0.508 e. The number of hydrogen-bond acceptors (Lipinski definition) is 4. The van der Waals surface area contributed by atoms with Crippen molar-refractivity contribution < 1.29 is 14.3 Å². The van der Waals surface area contributed by atoms with Crippen molar-refractivity contribution >= 4 is 34.6 Å². The minimum atomic E-state index is -0.375. The maximum Gasteiger partial charge on any atom is 0.266 e. The number of nitrogens with zero attached hydrogens (tertiary/aromatic N) is 2. The molecule has 0 radical (unpaired) electrons. The topological polar surface area (TPSA) is 52.9 Å². The van der Waals surface area contributed by atoms with Gasteiger partial charge in [0.25, 0.3) is 5.91 Å². The molecule has 4 nitrogen and oxygen atoms in total. The van der Waals surface area contributed by atoms with Crippen molar-refractivity contribution in [3.05, 3.63) is 64.8 Å². The molecule has 2 aromatic rings. The van der Waals surface area contributed by atoms with E-state index in [1.807, 2.05) is 0 Å². The first-order valence-electron chi connectivity index (χ1n) is 6.84. The molecule has 23 heavy (non-hydrogen) atoms. The lowest BCUT2D eigenvalue weighted by molar-refractivity contribution is -0.121. The average Bonchev–Trinajstić information content (AvgIpc) is 2.80. The summed E-state index contributed by atoms with van der Waals surface area (Å²) < 4.78 is 13.7. The summed E-state index contributed by atoms with van der Waals surface area (Å²) >= 11 is 1.19. The molecule has 1 aliphatic rings. The van der Waals surface area contributed by atoms with Crippen molar-refractivity contribution in [2.45, 2.75) is 0 Å². The second-order valence-corrected chi connectivity index (χ2v) is 5.92. The van der Waals surface area contributed by atoms with Crippen LogP contribution in [0.1, 0.15) is 5.56 Å². The number of carbonyl (C=O) groups excluding carboxylic acids is 1. The standard InChI is InChI=1S/C17H13FN2O2S/c1-20-16(22)15(10-11-4-2-3-5-14(11)18)23-17(20)19-12-6-8-13(21)9-7-12/h2-10,21H,1H3/b15-10-,19-17?. The number of phenols is 1. The molecule has 3 rings (SSSR count). The third-order valence-electron chi connectivity index (χ3n) is 3.27. The summed E-state index contributed by atoms with van der Waals surface area (Å²) in [6.45, 7) is 0. The minimum Gasteiger partial charge on any atom is -0.508 e. The van der Waals surface area contributed by atoms with Crippen LogP contribution >= 0.6 is 11.8 Å². The lowest BCUT2D eigenvalue weighted by Crippen LogP contribution is -2.23. The highest BCUT2D eigenvalue weighted by Gasteiger charge is 2.30. The summed E-state index contributed by atoms with van der Waals surface area (Å²) in [7, 11) is 1.62. The van der Waals surface area contributed by atoms with E-state index in [1.165, 1.54) is 40.9 Å². The Morgan fingerprint density at radius 1 is 1.17 bits per heavy atom. The maximum atomic E-state index is 13.7. The van der Waals surface area contributed by atoms with Crippen LogP contribution in [0.15, 0.2) is 58.4 Å². The molecule has 1 aliphatic heterocycles. The molecular weight excluding hydrogens is 315 g/mol. The number of phenolic OH excluding ortho intramolecular Hbond substituents is 1. The van der Waals surface area contributed by atoms with Gasteiger partial charge in [0.2, 0.25) is 0 Å². The van der Waals surface area contributed by atoms with Gasteiger partial charge in [-0.05, 0) is 48.2 Å². The molecular formula is C17H13FN2O2S. The van der Waals surface area contributed by atoms with E-state index in [0.29, 0.717) is 21.3 Å². The summed E-state index contributed by atoms with van der Waals surface area (Å²) in [4.78, 5) is 18.5. The van der Waals surface area contributed by atoms with E-state index in [0.717, 1.165) is 0 Å². The first kappa shape index (κ1) is 15.3. The number of likely N-dealkylation sites (N-methyl/N-ethyl adjacent to an activating group) is 1. The summed E-state index contributed by atoms with van der Waals surface area (Å²) in [5.41, 5.74) is 0.986. The average molecular weight is 328 g/mol. The number of hydrogen-bond donors (Lipinski definition) is 1. The van der Waals surface area contributed by atoms with E-state index in [-0.39, 0.29) is 17.5 Å². The fraction of sp³-hybridized carbons (Fsp3) is 0.0588. The van der Waals surface area contributed by atoms with Crippen LogP contribution in [0.2, 0.25) is 0 Å². The van der Waals surface area contributed by atoms with Gasteiger partial charge < -0.3 is 5.11 Å². The lowest BCUT2D eigenvalue weighted by atomic mass is 10.2. The smallest absolute Gasteiger partial charge is 0.266 e. The number of amidine groups is 1. The highest BCUT2D eigenvalue weighted by atomic mass is 32.2. The fourth-order valence-corrected chi connectivity index (χ4v) is 3.00. The van der Waals surface area contributed by atoms with Gasteiger partial charge >= 0.3 is 0 Å². The fourth-order valence-electron chi connectivity index (χ4n) is 2.02. The number of aliphatic imine (C=N–C) groups is 1. The SMILES string of the molecule is CN1C(=O)/C(=C/c2ccccc2F)SC1=Nc1ccc(O)cc1. The van der Waals surface area contributed by atoms with Gasteiger partial charge in [0.05, 0.1) is 10.6 Å². The van der Waals surface area contributed by atoms with Crippen molar-refractivity contribution in [3.63, 3.8) is 0 Å². The highest BCUT2D eigenvalue weighted by Crippen LogP contribution is 2.33. The van der Waals surface area contributed by atoms with E-state index < -0.39 is 0 Å². The second kappa shape index (κ2) is 6.26. The molecule has 1 saturated heterocycles. The Labute approximate surface area is 137 Å². The van der Waals surface area contributed by atoms with Crippen LogP contribution in [0.4, 0.5) is 10.1 Å². The van der Waals surface area contributed by atoms with Gasteiger partial charge in [-0.1, -0.05) is 18.2 Å². The summed E-state index contributed by atoms with van der Waals surface area (Å²) in [6.07, 6.45) is 1.53. The van der Waals surface area contributed by atoms with Crippen LogP contribution in [0.3, 0.4) is 0 Å². The van der Waals surface area contributed by atoms with E-state index in [9.17, 15) is 14.3 Å². The van der Waals surface area contributed by atoms with Crippen molar-refractivity contribution in [1.29, 1.82) is 0 Å². The summed E-state index contributed by atoms with van der Waals surface area (Å²) in [6, 6.07) is 12.6. The van der Waals surface area contributed by atoms with E-state index in [1.54, 1.807) is 37.4 Å². The van der Waals surface area contributed by atoms with Crippen LogP contribution < -0.4 is 0 Å². The first-order valence-corrected chi connectivity index (χ1v) is 7.66. The van der Waals surface area contributed by atoms with Gasteiger partial charge in [-0.15, -0.1) is 0 Å². The van der Waals surface area contributed by atoms with Crippen LogP contribution in [0.25, 0.3) is 6.08 Å². The molecule has 0 atom stereocenters. The van der Waals surface area contributed by atoms with Crippen molar-refractivity contribution in [3.8, 4) is 5.75 Å². The molecule has 1 fully saturated rings. The number of rotatable bonds is 2. The Balaban J connectivity index is 1.91. The third-order valence-corrected chi connectivity index (χ3v) is 4.33. The zero-order valence-electron chi connectivity index (χ0n) is 12.2. The van der Waals surface area contributed by atoms with Crippen LogP contribution in [-0.2, 0) is 4.79 Å². The number of benzene rings is 2. The molecule has 0 spiro atoms. The van der Waals surface area contributed by atoms with Crippen molar-refractivity contribution in [2.24, 2.45) is 4.99 Å². The second-order valence-electron chi connectivity index (χ2n) is 4.91. The number of thioether (sulfide) groups is 1. The number of halogens is 1. The van der Waals surface area contributed by atoms with Gasteiger partial charge in [0.15, 0.2) is 5.17 Å². The molecule has 1 amide bonds. The van der Waals surface area contributed by atoms with E-state index >= 15 is 0 Å². The molecule has 0 aliphatic carbocycles. The van der Waals surface area contributed by atoms with Crippen LogP contribution in [-0.4, -0.2) is 28.1 Å². The van der Waals surface area contributed by atoms with Crippen LogP contribution in [0, 0.1) is 5.82 Å². The summed E-state index contributed by atoms with van der Waals surface area (Å²) in [5.74, 6) is -0.451. The van der Waals surface area contributed by atoms with Gasteiger partial charge in [0, 0.05) is 12.6 Å². The number of carbonyl (C=O) groups is 1. The number of amides is 1. The molecule has 1 N–H and O–H groups in total. The zero-order chi connectivity index (χ0) is 16.4. The molecule has 6 heteroatoms. The molecule has 2 aromatic carbocycles. The van der Waals surface area contributed by atoms with Gasteiger partial charge in [-0.2, -0.15) is 0 Å².